The second-order valence-corrected chi connectivity index (χ2v) is 5.87. The van der Waals surface area contributed by atoms with Crippen LogP contribution in [0.2, 0.25) is 0 Å². The van der Waals surface area contributed by atoms with Gasteiger partial charge in [-0.3, -0.25) is 9.89 Å². The third-order valence-corrected chi connectivity index (χ3v) is 3.77. The van der Waals surface area contributed by atoms with Crippen LogP contribution in [0.25, 0.3) is 22.7 Å². The molecule has 1 atom stereocenters. The van der Waals surface area contributed by atoms with Crippen LogP contribution >= 0.6 is 0 Å². The lowest BCUT2D eigenvalue weighted by atomic mass is 10.0. The zero-order valence-electron chi connectivity index (χ0n) is 13.5. The minimum absolute atomic E-state index is 0.0323. The third kappa shape index (κ3) is 2.77. The summed E-state index contributed by atoms with van der Waals surface area (Å²) in [4.78, 5) is 23.8. The van der Waals surface area contributed by atoms with Crippen LogP contribution < -0.4 is 5.32 Å². The van der Waals surface area contributed by atoms with Crippen molar-refractivity contribution in [2.45, 2.75) is 19.9 Å². The summed E-state index contributed by atoms with van der Waals surface area (Å²) in [6.07, 6.45) is 2.91. The van der Waals surface area contributed by atoms with Crippen molar-refractivity contribution >= 4 is 17.0 Å². The summed E-state index contributed by atoms with van der Waals surface area (Å²) in [7, 11) is 0. The van der Waals surface area contributed by atoms with Gasteiger partial charge in [-0.1, -0.05) is 19.0 Å². The van der Waals surface area contributed by atoms with E-state index in [1.165, 1.54) is 6.33 Å². The van der Waals surface area contributed by atoms with Gasteiger partial charge in [-0.2, -0.15) is 10.1 Å². The van der Waals surface area contributed by atoms with Crippen molar-refractivity contribution in [3.05, 3.63) is 36.3 Å². The monoisotopic (exact) mass is 341 g/mol. The van der Waals surface area contributed by atoms with E-state index in [9.17, 15) is 4.79 Å². The topological polar surface area (TPSA) is 139 Å². The zero-order valence-corrected chi connectivity index (χ0v) is 13.5. The molecule has 0 spiro atoms. The number of aromatic amines is 2. The summed E-state index contributed by atoms with van der Waals surface area (Å²) >= 11 is 0. The minimum atomic E-state index is -0.453. The molecule has 0 unspecified atom stereocenters. The van der Waals surface area contributed by atoms with E-state index >= 15 is 0 Å². The van der Waals surface area contributed by atoms with Crippen molar-refractivity contribution in [3.63, 3.8) is 0 Å². The van der Waals surface area contributed by atoms with Crippen LogP contribution in [0.15, 0.2) is 33.7 Å². The highest BCUT2D eigenvalue weighted by Gasteiger charge is 2.26. The Kier molecular flexibility index (Phi) is 3.56. The number of aromatic nitrogens is 6. The molecule has 10 heteroatoms. The van der Waals surface area contributed by atoms with E-state index in [4.69, 9.17) is 8.94 Å². The van der Waals surface area contributed by atoms with Gasteiger partial charge in [0.1, 0.15) is 18.1 Å². The number of hydrogen-bond acceptors (Lipinski definition) is 7. The molecule has 0 fully saturated rings. The second-order valence-electron chi connectivity index (χ2n) is 5.87. The van der Waals surface area contributed by atoms with Crippen LogP contribution in [0, 0.1) is 5.92 Å². The second kappa shape index (κ2) is 5.89. The number of nitrogens with zero attached hydrogens (tertiary/aromatic N) is 4. The summed E-state index contributed by atoms with van der Waals surface area (Å²) in [6, 6.07) is 2.95. The molecule has 4 rings (SSSR count). The maximum Gasteiger partial charge on any atom is 0.268 e. The molecule has 3 N–H and O–H groups in total. The smallest absolute Gasteiger partial charge is 0.268 e. The highest BCUT2D eigenvalue weighted by Crippen LogP contribution is 2.23. The van der Waals surface area contributed by atoms with Gasteiger partial charge in [0, 0.05) is 12.1 Å². The number of carbonyl (C=O) groups is 1. The van der Waals surface area contributed by atoms with Crippen LogP contribution in [0.5, 0.6) is 0 Å². The number of amides is 1. The Morgan fingerprint density at radius 1 is 1.36 bits per heavy atom. The normalized spacial score (nSPS) is 12.8. The fourth-order valence-corrected chi connectivity index (χ4v) is 2.47. The van der Waals surface area contributed by atoms with Gasteiger partial charge in [0.05, 0.1) is 11.8 Å². The predicted octanol–water partition coefficient (Wildman–Crippen LogP) is 2.06. The maximum absolute atomic E-state index is 12.5. The third-order valence-electron chi connectivity index (χ3n) is 3.77. The fraction of sp³-hybridized carbons (Fsp3) is 0.267. The Hall–Kier alpha value is -3.43. The molecule has 10 nitrogen and oxygen atoms in total. The molecule has 0 radical (unpaired) electrons. The lowest BCUT2D eigenvalue weighted by Crippen LogP contribution is -2.32. The molecule has 4 heterocycles. The Bertz CT molecular complexity index is 967. The van der Waals surface area contributed by atoms with Crippen molar-refractivity contribution in [3.8, 4) is 11.6 Å². The minimum Gasteiger partial charge on any atom is -0.463 e. The van der Waals surface area contributed by atoms with Crippen molar-refractivity contribution < 1.29 is 13.7 Å². The van der Waals surface area contributed by atoms with Gasteiger partial charge >= 0.3 is 0 Å². The number of rotatable bonds is 5. The number of fused-ring (bicyclic) bond motifs is 1. The molecule has 4 aromatic heterocycles. The first-order valence-corrected chi connectivity index (χ1v) is 7.68. The largest absolute Gasteiger partial charge is 0.463 e. The molecule has 0 aromatic carbocycles. The van der Waals surface area contributed by atoms with E-state index in [2.05, 4.69) is 35.6 Å². The van der Waals surface area contributed by atoms with Crippen LogP contribution in [-0.2, 0) is 0 Å². The lowest BCUT2D eigenvalue weighted by molar-refractivity contribution is 0.0909. The van der Waals surface area contributed by atoms with Gasteiger partial charge in [0.2, 0.25) is 11.7 Å². The Balaban J connectivity index is 1.57. The standard InChI is InChI=1S/C15H15N7O3/c1-7(2)11(15-20-13(22-25-15)12-16-6-17-21-12)19-14(23)9-5-10-8(18-9)3-4-24-10/h3-7,11,18H,1-2H3,(H,19,23)(H,16,17,21)/t11-/m1/s1. The van der Waals surface area contributed by atoms with E-state index in [0.29, 0.717) is 23.0 Å². The number of nitrogens with one attached hydrogen (secondary N) is 3. The van der Waals surface area contributed by atoms with Gasteiger partial charge in [0.25, 0.3) is 5.91 Å². The van der Waals surface area contributed by atoms with Gasteiger partial charge in [-0.05, 0) is 5.92 Å². The Morgan fingerprint density at radius 2 is 2.24 bits per heavy atom. The summed E-state index contributed by atoms with van der Waals surface area (Å²) in [5, 5.41) is 13.2. The predicted molar refractivity (Wildman–Crippen MR) is 85.3 cm³/mol. The molecule has 0 aliphatic rings. The van der Waals surface area contributed by atoms with Crippen LogP contribution in [0.3, 0.4) is 0 Å². The van der Waals surface area contributed by atoms with E-state index in [-0.39, 0.29) is 17.6 Å². The maximum atomic E-state index is 12.5. The zero-order chi connectivity index (χ0) is 17.4. The molecule has 0 bridgehead atoms. The first-order valence-electron chi connectivity index (χ1n) is 7.68. The molecule has 0 saturated heterocycles. The SMILES string of the molecule is CC(C)[C@@H](NC(=O)c1cc2occc2[nH]1)c1nc(-c2ncn[nH]2)no1. The van der Waals surface area contributed by atoms with Gasteiger partial charge in [-0.25, -0.2) is 4.98 Å². The van der Waals surface area contributed by atoms with Crippen molar-refractivity contribution in [2.75, 3.05) is 0 Å². The molecule has 0 aliphatic heterocycles. The molecule has 25 heavy (non-hydrogen) atoms. The summed E-state index contributed by atoms with van der Waals surface area (Å²) in [6.45, 7) is 3.90. The first-order chi connectivity index (χ1) is 12.1. The first kappa shape index (κ1) is 15.1. The summed E-state index contributed by atoms with van der Waals surface area (Å²) < 4.78 is 10.6. The summed E-state index contributed by atoms with van der Waals surface area (Å²) in [5.74, 6) is 0.720. The quantitative estimate of drug-likeness (QED) is 0.505. The van der Waals surface area contributed by atoms with E-state index in [1.54, 1.807) is 18.4 Å². The molecule has 1 amide bonds. The van der Waals surface area contributed by atoms with Crippen molar-refractivity contribution in [1.82, 2.24) is 35.6 Å². The highest BCUT2D eigenvalue weighted by molar-refractivity contribution is 5.96. The van der Waals surface area contributed by atoms with Crippen LogP contribution in [0.1, 0.15) is 36.3 Å². The number of furan rings is 1. The average Bonchev–Trinajstić information content (AvgIpc) is 3.35. The van der Waals surface area contributed by atoms with Gasteiger partial charge in [0.15, 0.2) is 11.4 Å². The van der Waals surface area contributed by atoms with E-state index in [1.807, 2.05) is 13.8 Å². The van der Waals surface area contributed by atoms with E-state index < -0.39 is 6.04 Å². The van der Waals surface area contributed by atoms with Crippen LogP contribution in [0.4, 0.5) is 0 Å². The Labute approximate surface area is 141 Å². The van der Waals surface area contributed by atoms with Gasteiger partial charge in [-0.15, -0.1) is 0 Å². The average molecular weight is 341 g/mol. The molecule has 4 aromatic rings. The Morgan fingerprint density at radius 3 is 2.96 bits per heavy atom. The van der Waals surface area contributed by atoms with Gasteiger partial charge < -0.3 is 19.2 Å². The number of H-pyrrole nitrogens is 2. The molecule has 0 saturated carbocycles. The van der Waals surface area contributed by atoms with E-state index in [0.717, 1.165) is 5.52 Å². The van der Waals surface area contributed by atoms with Crippen molar-refractivity contribution in [2.24, 2.45) is 5.92 Å². The fourth-order valence-electron chi connectivity index (χ4n) is 2.47. The molecule has 0 aliphatic carbocycles. The highest BCUT2D eigenvalue weighted by atomic mass is 16.5. The number of carbonyl (C=O) groups excluding carboxylic acids is 1. The number of hydrogen-bond donors (Lipinski definition) is 3. The molecule has 128 valence electrons. The molecular weight excluding hydrogens is 326 g/mol. The lowest BCUT2D eigenvalue weighted by Gasteiger charge is -2.17. The van der Waals surface area contributed by atoms with Crippen LogP contribution in [-0.4, -0.2) is 36.2 Å². The molecular formula is C15H15N7O3. The van der Waals surface area contributed by atoms with Crippen molar-refractivity contribution in [1.29, 1.82) is 0 Å². The summed E-state index contributed by atoms with van der Waals surface area (Å²) in [5.41, 5.74) is 1.78.